The van der Waals surface area contributed by atoms with Crippen LogP contribution in [-0.4, -0.2) is 14.8 Å². The van der Waals surface area contributed by atoms with E-state index in [4.69, 9.17) is 0 Å². The lowest BCUT2D eigenvalue weighted by atomic mass is 10.5. The maximum atomic E-state index is 3.74. The van der Waals surface area contributed by atoms with Crippen LogP contribution in [0.2, 0.25) is 18.1 Å². The van der Waals surface area contributed by atoms with Crippen molar-refractivity contribution in [2.45, 2.75) is 45.8 Å². The Balaban J connectivity index is 3.92. The molecule has 0 aliphatic carbocycles. The third-order valence-electron chi connectivity index (χ3n) is 2.86. The van der Waals surface area contributed by atoms with E-state index >= 15 is 0 Å². The average Bonchev–Trinajstić information content (AvgIpc) is 2.14. The summed E-state index contributed by atoms with van der Waals surface area (Å²) in [4.78, 5) is 3.74. The lowest BCUT2D eigenvalue weighted by Gasteiger charge is -2.28. The molecule has 0 saturated carbocycles. The Morgan fingerprint density at radius 1 is 1.08 bits per heavy atom. The van der Waals surface area contributed by atoms with E-state index in [0.29, 0.717) is 0 Å². The molecule has 0 rings (SSSR count). The molecule has 0 heterocycles. The summed E-state index contributed by atoms with van der Waals surface area (Å²) in [6.07, 6.45) is 4.33. The van der Waals surface area contributed by atoms with E-state index in [1.165, 1.54) is 18.1 Å². The molecular formula is C10H23NSi. The van der Waals surface area contributed by atoms with Crippen LogP contribution >= 0.6 is 0 Å². The fraction of sp³-hybridized carbons (Fsp3) is 0.800. The highest BCUT2D eigenvalue weighted by Gasteiger charge is 2.25. The van der Waals surface area contributed by atoms with E-state index in [1.807, 2.05) is 0 Å². The Bertz CT molecular complexity index is 120. The standard InChI is InChI=1S/C10H23NSi/c1-5-9-10-11-12(6-2,7-3)8-4/h5,9,11H,6-8,10H2,1-4H3. The third-order valence-corrected chi connectivity index (χ3v) is 7.88. The van der Waals surface area contributed by atoms with Crippen LogP contribution in [0.15, 0.2) is 12.2 Å². The molecule has 1 nitrogen and oxygen atoms in total. The van der Waals surface area contributed by atoms with Crippen LogP contribution in [0.3, 0.4) is 0 Å². The van der Waals surface area contributed by atoms with Gasteiger partial charge in [0.05, 0.1) is 0 Å². The van der Waals surface area contributed by atoms with Gasteiger partial charge in [-0.15, -0.1) is 0 Å². The molecule has 0 radical (unpaired) electrons. The molecule has 0 bridgehead atoms. The van der Waals surface area contributed by atoms with Crippen LogP contribution in [-0.2, 0) is 0 Å². The summed E-state index contributed by atoms with van der Waals surface area (Å²) >= 11 is 0. The molecule has 0 unspecified atom stereocenters. The molecule has 0 saturated heterocycles. The highest BCUT2D eigenvalue weighted by atomic mass is 28.3. The first kappa shape index (κ1) is 11.9. The van der Waals surface area contributed by atoms with Gasteiger partial charge in [0.2, 0.25) is 0 Å². The summed E-state index contributed by atoms with van der Waals surface area (Å²) in [7, 11) is -1.06. The maximum Gasteiger partial charge on any atom is 0.125 e. The highest BCUT2D eigenvalue weighted by molar-refractivity contribution is 6.77. The van der Waals surface area contributed by atoms with Gasteiger partial charge in [-0.2, -0.15) is 0 Å². The summed E-state index contributed by atoms with van der Waals surface area (Å²) in [6, 6.07) is 4.08. The van der Waals surface area contributed by atoms with E-state index in [2.05, 4.69) is 44.8 Å². The van der Waals surface area contributed by atoms with Gasteiger partial charge in [0.25, 0.3) is 0 Å². The summed E-state index contributed by atoms with van der Waals surface area (Å²) in [5, 5.41) is 0. The monoisotopic (exact) mass is 185 g/mol. The Kier molecular flexibility index (Phi) is 6.39. The molecule has 0 aliphatic heterocycles. The summed E-state index contributed by atoms with van der Waals surface area (Å²) in [5.74, 6) is 0. The first-order valence-corrected chi connectivity index (χ1v) is 7.73. The van der Waals surface area contributed by atoms with Crippen molar-refractivity contribution in [3.63, 3.8) is 0 Å². The fourth-order valence-electron chi connectivity index (χ4n) is 1.52. The van der Waals surface area contributed by atoms with Crippen LogP contribution in [0.5, 0.6) is 0 Å². The van der Waals surface area contributed by atoms with Gasteiger partial charge in [0.15, 0.2) is 0 Å². The largest absolute Gasteiger partial charge is 0.334 e. The molecule has 0 aromatic rings. The van der Waals surface area contributed by atoms with Crippen molar-refractivity contribution < 1.29 is 0 Å². The van der Waals surface area contributed by atoms with Crippen molar-refractivity contribution in [2.75, 3.05) is 6.54 Å². The van der Waals surface area contributed by atoms with Crippen LogP contribution in [0, 0.1) is 0 Å². The Hall–Kier alpha value is -0.0831. The minimum atomic E-state index is -1.06. The van der Waals surface area contributed by atoms with Gasteiger partial charge < -0.3 is 4.98 Å². The van der Waals surface area contributed by atoms with E-state index < -0.39 is 8.24 Å². The minimum absolute atomic E-state index is 1.06. The van der Waals surface area contributed by atoms with Crippen LogP contribution < -0.4 is 4.98 Å². The minimum Gasteiger partial charge on any atom is -0.334 e. The van der Waals surface area contributed by atoms with Crippen molar-refractivity contribution in [3.05, 3.63) is 12.2 Å². The zero-order valence-corrected chi connectivity index (χ0v) is 9.98. The Morgan fingerprint density at radius 3 is 1.92 bits per heavy atom. The van der Waals surface area contributed by atoms with E-state index in [-0.39, 0.29) is 0 Å². The molecule has 0 aromatic carbocycles. The van der Waals surface area contributed by atoms with Crippen molar-refractivity contribution in [2.24, 2.45) is 0 Å². The van der Waals surface area contributed by atoms with Crippen molar-refractivity contribution in [1.29, 1.82) is 0 Å². The predicted molar refractivity (Wildman–Crippen MR) is 60.0 cm³/mol. The second-order valence-electron chi connectivity index (χ2n) is 3.29. The summed E-state index contributed by atoms with van der Waals surface area (Å²) in [6.45, 7) is 10.1. The maximum absolute atomic E-state index is 3.74. The number of hydrogen-bond donors (Lipinski definition) is 1. The van der Waals surface area contributed by atoms with Gasteiger partial charge in [-0.05, 0) is 25.1 Å². The van der Waals surface area contributed by atoms with Crippen molar-refractivity contribution >= 4 is 8.24 Å². The van der Waals surface area contributed by atoms with Gasteiger partial charge >= 0.3 is 0 Å². The normalized spacial score (nSPS) is 12.7. The van der Waals surface area contributed by atoms with Gasteiger partial charge in [-0.3, -0.25) is 0 Å². The molecule has 0 fully saturated rings. The molecular weight excluding hydrogens is 162 g/mol. The topological polar surface area (TPSA) is 12.0 Å². The first-order chi connectivity index (χ1) is 5.74. The Morgan fingerprint density at radius 2 is 1.58 bits per heavy atom. The van der Waals surface area contributed by atoms with Crippen LogP contribution in [0.1, 0.15) is 27.7 Å². The lowest BCUT2D eigenvalue weighted by Crippen LogP contribution is -2.48. The third kappa shape index (κ3) is 3.54. The highest BCUT2D eigenvalue weighted by Crippen LogP contribution is 2.15. The van der Waals surface area contributed by atoms with Gasteiger partial charge in [0.1, 0.15) is 8.24 Å². The van der Waals surface area contributed by atoms with Crippen molar-refractivity contribution in [3.8, 4) is 0 Å². The van der Waals surface area contributed by atoms with E-state index in [1.54, 1.807) is 0 Å². The van der Waals surface area contributed by atoms with Crippen LogP contribution in [0.4, 0.5) is 0 Å². The second kappa shape index (κ2) is 6.43. The molecule has 72 valence electrons. The van der Waals surface area contributed by atoms with Crippen molar-refractivity contribution in [1.82, 2.24) is 4.98 Å². The molecule has 0 aromatic heterocycles. The molecule has 0 atom stereocenters. The molecule has 0 aliphatic rings. The SMILES string of the molecule is CC=CCN[Si](CC)(CC)CC. The molecule has 12 heavy (non-hydrogen) atoms. The van der Waals surface area contributed by atoms with E-state index in [9.17, 15) is 0 Å². The van der Waals surface area contributed by atoms with Gasteiger partial charge in [-0.25, -0.2) is 0 Å². The number of allylic oxidation sites excluding steroid dienone is 1. The smallest absolute Gasteiger partial charge is 0.125 e. The molecule has 2 heteroatoms. The van der Waals surface area contributed by atoms with Crippen LogP contribution in [0.25, 0.3) is 0 Å². The predicted octanol–water partition coefficient (Wildman–Crippen LogP) is 3.16. The number of rotatable bonds is 6. The number of hydrogen-bond acceptors (Lipinski definition) is 1. The quantitative estimate of drug-likeness (QED) is 0.495. The molecule has 1 N–H and O–H groups in total. The van der Waals surface area contributed by atoms with E-state index in [0.717, 1.165) is 6.54 Å². The average molecular weight is 185 g/mol. The second-order valence-corrected chi connectivity index (χ2v) is 8.33. The zero-order chi connectivity index (χ0) is 9.45. The zero-order valence-electron chi connectivity index (χ0n) is 8.98. The summed E-state index contributed by atoms with van der Waals surface area (Å²) in [5.41, 5.74) is 0. The molecule has 0 amide bonds. The summed E-state index contributed by atoms with van der Waals surface area (Å²) < 4.78 is 0. The molecule has 0 spiro atoms. The number of nitrogens with one attached hydrogen (secondary N) is 1. The Labute approximate surface area is 78.3 Å². The lowest BCUT2D eigenvalue weighted by molar-refractivity contribution is 0.955. The van der Waals surface area contributed by atoms with Gasteiger partial charge in [0, 0.05) is 6.54 Å². The first-order valence-electron chi connectivity index (χ1n) is 5.10. The van der Waals surface area contributed by atoms with Gasteiger partial charge in [-0.1, -0.05) is 32.9 Å². The fourth-order valence-corrected chi connectivity index (χ4v) is 4.32.